The van der Waals surface area contributed by atoms with Crippen LogP contribution in [0.4, 0.5) is 0 Å². The van der Waals surface area contributed by atoms with Crippen molar-refractivity contribution >= 4 is 50.4 Å². The van der Waals surface area contributed by atoms with E-state index in [0.29, 0.717) is 22.0 Å². The van der Waals surface area contributed by atoms with E-state index in [2.05, 4.69) is 5.32 Å². The van der Waals surface area contributed by atoms with Gasteiger partial charge < -0.3 is 29.2 Å². The molecule has 0 fully saturated rings. The minimum Gasteiger partial charge on any atom is -0.496 e. The summed E-state index contributed by atoms with van der Waals surface area (Å²) in [6.45, 7) is 5.76. The third-order valence-electron chi connectivity index (χ3n) is 7.58. The predicted molar refractivity (Wildman–Crippen MR) is 149 cm³/mol. The Bertz CT molecular complexity index is 1790. The van der Waals surface area contributed by atoms with Crippen molar-refractivity contribution in [1.29, 1.82) is 0 Å². The number of carbonyl (C=O) groups excluding carboxylic acids is 2. The summed E-state index contributed by atoms with van der Waals surface area (Å²) in [5.74, 6) is -3.08. The molecule has 3 atom stereocenters. The Labute approximate surface area is 229 Å². The number of aliphatic carboxylic acids is 1. The average Bonchev–Trinajstić information content (AvgIpc) is 2.88. The standard InChI is InChI=1S/C30H30N2O8/c1-14(33)31-25(29(36)37)24-28(39-15(2)34)23-21(40-30(24,3)4)13-20(38-6)22-26(23)32(5)19-12-17-10-8-7-9-16(17)11-18(19)27(22)35/h7-13,24-25,28H,1-6H3,(H,31,33)(H,36,37)/t24-,25?,28-/m1/s1. The van der Waals surface area contributed by atoms with E-state index < -0.39 is 41.5 Å². The van der Waals surface area contributed by atoms with Gasteiger partial charge >= 0.3 is 11.9 Å². The molecule has 10 heteroatoms. The number of nitrogens with zero attached hydrogens (tertiary/aromatic N) is 1. The molecule has 1 aliphatic heterocycles. The number of carboxylic acids is 1. The van der Waals surface area contributed by atoms with Gasteiger partial charge in [0.1, 0.15) is 29.2 Å². The molecule has 0 aliphatic carbocycles. The molecule has 1 amide bonds. The van der Waals surface area contributed by atoms with Crippen LogP contribution in [0.25, 0.3) is 32.6 Å². The molecule has 0 saturated carbocycles. The Morgan fingerprint density at radius 3 is 2.33 bits per heavy atom. The number of carboxylic acid groups (broad SMARTS) is 1. The Balaban J connectivity index is 1.94. The number of fused-ring (bicyclic) bond motifs is 5. The molecule has 1 aromatic heterocycles. The second-order valence-electron chi connectivity index (χ2n) is 10.6. The monoisotopic (exact) mass is 546 g/mol. The van der Waals surface area contributed by atoms with Crippen LogP contribution in [0.2, 0.25) is 0 Å². The van der Waals surface area contributed by atoms with E-state index in [-0.39, 0.29) is 22.3 Å². The van der Waals surface area contributed by atoms with Gasteiger partial charge in [0.05, 0.1) is 35.0 Å². The van der Waals surface area contributed by atoms with Crippen LogP contribution in [0.3, 0.4) is 0 Å². The summed E-state index contributed by atoms with van der Waals surface area (Å²) < 4.78 is 19.7. The Kier molecular flexibility index (Phi) is 6.44. The number of methoxy groups -OCH3 is 1. The second kappa shape index (κ2) is 9.55. The molecule has 1 aliphatic rings. The van der Waals surface area contributed by atoms with E-state index >= 15 is 0 Å². The van der Waals surface area contributed by atoms with Crippen molar-refractivity contribution in [3.05, 3.63) is 58.3 Å². The van der Waals surface area contributed by atoms with E-state index in [0.717, 1.165) is 10.8 Å². The molecule has 0 bridgehead atoms. The molecule has 4 aromatic rings. The summed E-state index contributed by atoms with van der Waals surface area (Å²) in [5.41, 5.74) is -0.217. The third kappa shape index (κ3) is 4.20. The van der Waals surface area contributed by atoms with E-state index in [1.54, 1.807) is 27.0 Å². The minimum atomic E-state index is -1.47. The number of ether oxygens (including phenoxy) is 3. The number of nitrogens with one attached hydrogen (secondary N) is 1. The molecule has 5 rings (SSSR count). The summed E-state index contributed by atoms with van der Waals surface area (Å²) in [6, 6.07) is 11.5. The van der Waals surface area contributed by atoms with Crippen LogP contribution in [0.5, 0.6) is 11.5 Å². The van der Waals surface area contributed by atoms with Crippen LogP contribution >= 0.6 is 0 Å². The lowest BCUT2D eigenvalue weighted by molar-refractivity contribution is -0.166. The molecule has 0 spiro atoms. The predicted octanol–water partition coefficient (Wildman–Crippen LogP) is 3.83. The molecule has 3 aromatic carbocycles. The molecule has 0 saturated heterocycles. The first kappa shape index (κ1) is 27.0. The molecule has 208 valence electrons. The zero-order chi connectivity index (χ0) is 29.1. The first-order valence-electron chi connectivity index (χ1n) is 12.8. The van der Waals surface area contributed by atoms with Gasteiger partial charge in [-0.25, -0.2) is 4.79 Å². The highest BCUT2D eigenvalue weighted by atomic mass is 16.6. The van der Waals surface area contributed by atoms with Crippen molar-refractivity contribution in [2.75, 3.05) is 7.11 Å². The van der Waals surface area contributed by atoms with Crippen LogP contribution < -0.4 is 20.2 Å². The van der Waals surface area contributed by atoms with E-state index in [4.69, 9.17) is 14.2 Å². The first-order chi connectivity index (χ1) is 18.9. The van der Waals surface area contributed by atoms with Crippen molar-refractivity contribution in [3.63, 3.8) is 0 Å². The summed E-state index contributed by atoms with van der Waals surface area (Å²) in [5, 5.41) is 15.2. The number of hydrogen-bond donors (Lipinski definition) is 2. The van der Waals surface area contributed by atoms with Crippen molar-refractivity contribution in [3.8, 4) is 11.5 Å². The number of aryl methyl sites for hydroxylation is 1. The Hall–Kier alpha value is -4.60. The Morgan fingerprint density at radius 2 is 1.75 bits per heavy atom. The molecule has 40 heavy (non-hydrogen) atoms. The van der Waals surface area contributed by atoms with Crippen LogP contribution in [0.15, 0.2) is 47.3 Å². The van der Waals surface area contributed by atoms with Crippen molar-refractivity contribution in [2.45, 2.75) is 45.4 Å². The summed E-state index contributed by atoms with van der Waals surface area (Å²) in [7, 11) is 3.23. The average molecular weight is 547 g/mol. The van der Waals surface area contributed by atoms with Gasteiger partial charge in [-0.2, -0.15) is 0 Å². The molecule has 10 nitrogen and oxygen atoms in total. The Morgan fingerprint density at radius 1 is 1.10 bits per heavy atom. The SMILES string of the molecule is COc1cc2c(c3c1c(=O)c1cc4ccccc4cc1n3C)[C@@H](OC(C)=O)[C@@H](C(NC(C)=O)C(=O)O)C(C)(C)O2. The molecular weight excluding hydrogens is 516 g/mol. The van der Waals surface area contributed by atoms with Gasteiger partial charge in [0, 0.05) is 32.3 Å². The highest BCUT2D eigenvalue weighted by Gasteiger charge is 2.53. The van der Waals surface area contributed by atoms with Crippen LogP contribution in [0.1, 0.15) is 39.4 Å². The quantitative estimate of drug-likeness (QED) is 0.285. The van der Waals surface area contributed by atoms with E-state index in [9.17, 15) is 24.3 Å². The highest BCUT2D eigenvalue weighted by molar-refractivity contribution is 6.04. The zero-order valence-electron chi connectivity index (χ0n) is 23.0. The van der Waals surface area contributed by atoms with Crippen molar-refractivity contribution < 1.29 is 33.7 Å². The van der Waals surface area contributed by atoms with Gasteiger partial charge in [0.2, 0.25) is 11.3 Å². The number of esters is 1. The van der Waals surface area contributed by atoms with Crippen LogP contribution in [-0.2, 0) is 26.2 Å². The van der Waals surface area contributed by atoms with Gasteiger partial charge in [0.25, 0.3) is 0 Å². The highest BCUT2D eigenvalue weighted by Crippen LogP contribution is 2.51. The topological polar surface area (TPSA) is 133 Å². The molecule has 1 unspecified atom stereocenters. The number of benzene rings is 3. The van der Waals surface area contributed by atoms with E-state index in [1.807, 2.05) is 41.0 Å². The molecule has 2 N–H and O–H groups in total. The fraction of sp³-hybridized carbons (Fsp3) is 0.333. The smallest absolute Gasteiger partial charge is 0.326 e. The number of hydrogen-bond acceptors (Lipinski definition) is 7. The number of rotatable bonds is 5. The lowest BCUT2D eigenvalue weighted by atomic mass is 9.74. The number of amides is 1. The summed E-state index contributed by atoms with van der Waals surface area (Å²) >= 11 is 0. The van der Waals surface area contributed by atoms with Crippen LogP contribution in [0, 0.1) is 5.92 Å². The van der Waals surface area contributed by atoms with Crippen molar-refractivity contribution in [1.82, 2.24) is 9.88 Å². The minimum absolute atomic E-state index is 0.233. The van der Waals surface area contributed by atoms with Crippen molar-refractivity contribution in [2.24, 2.45) is 13.0 Å². The first-order valence-corrected chi connectivity index (χ1v) is 12.8. The number of carbonyl (C=O) groups is 3. The zero-order valence-corrected chi connectivity index (χ0v) is 23.0. The van der Waals surface area contributed by atoms with Gasteiger partial charge in [-0.15, -0.1) is 0 Å². The lowest BCUT2D eigenvalue weighted by Gasteiger charge is -2.46. The van der Waals surface area contributed by atoms with Crippen LogP contribution in [-0.4, -0.2) is 46.3 Å². The molecule has 0 radical (unpaired) electrons. The van der Waals surface area contributed by atoms with E-state index in [1.165, 1.54) is 21.0 Å². The van der Waals surface area contributed by atoms with Gasteiger partial charge in [-0.1, -0.05) is 24.3 Å². The van der Waals surface area contributed by atoms with Gasteiger partial charge in [-0.05, 0) is 36.8 Å². The number of aromatic nitrogens is 1. The second-order valence-corrected chi connectivity index (χ2v) is 10.6. The maximum atomic E-state index is 14.1. The summed E-state index contributed by atoms with van der Waals surface area (Å²) in [4.78, 5) is 51.1. The lowest BCUT2D eigenvalue weighted by Crippen LogP contribution is -2.58. The summed E-state index contributed by atoms with van der Waals surface area (Å²) in [6.07, 6.45) is -1.19. The number of pyridine rings is 1. The largest absolute Gasteiger partial charge is 0.496 e. The van der Waals surface area contributed by atoms with Gasteiger partial charge in [0.15, 0.2) is 0 Å². The fourth-order valence-corrected chi connectivity index (χ4v) is 5.97. The fourth-order valence-electron chi connectivity index (χ4n) is 5.97. The normalized spacial score (nSPS) is 18.6. The maximum absolute atomic E-state index is 14.1. The van der Waals surface area contributed by atoms with Gasteiger partial charge in [-0.3, -0.25) is 14.4 Å². The molecule has 2 heterocycles. The maximum Gasteiger partial charge on any atom is 0.326 e. The third-order valence-corrected chi connectivity index (χ3v) is 7.58. The molecular formula is C30H30N2O8.